The van der Waals surface area contributed by atoms with Gasteiger partial charge in [-0.25, -0.2) is 9.59 Å². The molecule has 13 heteroatoms. The zero-order chi connectivity index (χ0) is 44.1. The number of benzene rings is 2. The van der Waals surface area contributed by atoms with Crippen LogP contribution in [0.25, 0.3) is 28.0 Å². The van der Waals surface area contributed by atoms with E-state index in [0.717, 1.165) is 77.2 Å². The highest BCUT2D eigenvalue weighted by atomic mass is 16.5. The van der Waals surface area contributed by atoms with Gasteiger partial charge in [0.1, 0.15) is 12.1 Å². The van der Waals surface area contributed by atoms with E-state index in [1.165, 1.54) is 49.3 Å². The van der Waals surface area contributed by atoms with Gasteiger partial charge in [-0.05, 0) is 114 Å². The molecule has 0 bridgehead atoms. The number of rotatable bonds is 11. The van der Waals surface area contributed by atoms with Crippen molar-refractivity contribution >= 4 is 46.7 Å². The highest BCUT2D eigenvalue weighted by Gasteiger charge is 2.44. The number of allylic oxidation sites excluding steroid dienone is 1. The molecule has 1 aromatic heterocycles. The summed E-state index contributed by atoms with van der Waals surface area (Å²) in [5, 5.41) is 5.49. The number of aliphatic imine (C=N–C) groups is 2. The van der Waals surface area contributed by atoms with E-state index in [1.807, 2.05) is 43.7 Å². The van der Waals surface area contributed by atoms with E-state index in [-0.39, 0.29) is 35.7 Å². The van der Waals surface area contributed by atoms with Gasteiger partial charge in [-0.2, -0.15) is 0 Å². The summed E-state index contributed by atoms with van der Waals surface area (Å²) in [6.07, 6.45) is 11.1. The van der Waals surface area contributed by atoms with Crippen LogP contribution in [0.4, 0.5) is 15.3 Å². The van der Waals surface area contributed by atoms with E-state index in [4.69, 9.17) is 24.4 Å². The van der Waals surface area contributed by atoms with Crippen LogP contribution >= 0.6 is 0 Å². The van der Waals surface area contributed by atoms with Crippen molar-refractivity contribution in [3.63, 3.8) is 0 Å². The van der Waals surface area contributed by atoms with Crippen molar-refractivity contribution in [1.82, 2.24) is 25.4 Å². The third kappa shape index (κ3) is 7.92. The predicted octanol–water partition coefficient (Wildman–Crippen LogP) is 8.02. The Morgan fingerprint density at radius 3 is 1.92 bits per heavy atom. The molecule has 6 atom stereocenters. The number of fused-ring (bicyclic) bond motifs is 4. The van der Waals surface area contributed by atoms with Gasteiger partial charge < -0.3 is 29.9 Å². The number of nitrogens with zero attached hydrogens (tertiary/aromatic N) is 5. The van der Waals surface area contributed by atoms with Gasteiger partial charge in [0.05, 0.1) is 37.7 Å². The van der Waals surface area contributed by atoms with Crippen LogP contribution in [0.1, 0.15) is 101 Å². The lowest BCUT2D eigenvalue weighted by Crippen LogP contribution is -2.53. The fourth-order valence-corrected chi connectivity index (χ4v) is 10.9. The number of carbonyl (C=O) groups excluding carboxylic acids is 4. The molecule has 2 unspecified atom stereocenters. The summed E-state index contributed by atoms with van der Waals surface area (Å²) in [5.41, 5.74) is 13.7. The topological polar surface area (TPSA) is 155 Å². The van der Waals surface area contributed by atoms with Crippen molar-refractivity contribution in [3.05, 3.63) is 77.1 Å². The van der Waals surface area contributed by atoms with Crippen molar-refractivity contribution in [2.45, 2.75) is 116 Å². The molecule has 1 saturated carbocycles. The molecule has 9 rings (SSSR count). The van der Waals surface area contributed by atoms with E-state index < -0.39 is 24.3 Å². The van der Waals surface area contributed by atoms with Gasteiger partial charge in [0.15, 0.2) is 0 Å². The number of hydrogen-bond donors (Lipinski definition) is 2. The zero-order valence-electron chi connectivity index (χ0n) is 37.3. The van der Waals surface area contributed by atoms with Crippen molar-refractivity contribution < 1.29 is 28.7 Å². The first kappa shape index (κ1) is 42.5. The van der Waals surface area contributed by atoms with Crippen LogP contribution in [0.5, 0.6) is 0 Å². The van der Waals surface area contributed by atoms with E-state index >= 15 is 0 Å². The van der Waals surface area contributed by atoms with Crippen LogP contribution in [0, 0.1) is 17.8 Å². The maximum Gasteiger partial charge on any atom is 0.407 e. The summed E-state index contributed by atoms with van der Waals surface area (Å²) >= 11 is 0. The van der Waals surface area contributed by atoms with Gasteiger partial charge in [0.25, 0.3) is 0 Å². The molecule has 3 fully saturated rings. The van der Waals surface area contributed by atoms with E-state index in [0.29, 0.717) is 37.8 Å². The third-order valence-electron chi connectivity index (χ3n) is 14.4. The second-order valence-corrected chi connectivity index (χ2v) is 18.8. The summed E-state index contributed by atoms with van der Waals surface area (Å²) in [5.74, 6) is 0.814. The van der Waals surface area contributed by atoms with Crippen molar-refractivity contribution in [2.75, 3.05) is 27.3 Å². The molecule has 4 amide bonds. The summed E-state index contributed by atoms with van der Waals surface area (Å²) in [7, 11) is 2.62. The maximum absolute atomic E-state index is 13.8. The summed E-state index contributed by atoms with van der Waals surface area (Å²) < 4.78 is 9.63. The van der Waals surface area contributed by atoms with Gasteiger partial charge in [0, 0.05) is 60.9 Å². The Morgan fingerprint density at radius 2 is 1.33 bits per heavy atom. The fourth-order valence-electron chi connectivity index (χ4n) is 10.9. The Labute approximate surface area is 369 Å². The molecule has 13 nitrogen and oxygen atoms in total. The normalized spacial score (nSPS) is 23.0. The summed E-state index contributed by atoms with van der Waals surface area (Å²) in [6, 6.07) is 13.8. The number of alkyl carbamates (subject to hydrolysis) is 2. The molecule has 0 radical (unpaired) electrons. The molecule has 4 aliphatic heterocycles. The van der Waals surface area contributed by atoms with Gasteiger partial charge in [-0.1, -0.05) is 58.0 Å². The minimum atomic E-state index is -0.663. The van der Waals surface area contributed by atoms with Gasteiger partial charge in [-0.3, -0.25) is 24.6 Å². The Morgan fingerprint density at radius 1 is 0.730 bits per heavy atom. The number of amides is 4. The smallest absolute Gasteiger partial charge is 0.407 e. The summed E-state index contributed by atoms with van der Waals surface area (Å²) in [6.45, 7) is 9.00. The lowest BCUT2D eigenvalue weighted by molar-refractivity contribution is -0.134. The number of pyridine rings is 1. The Balaban J connectivity index is 0.896. The number of aromatic nitrogens is 1. The number of carbonyl (C=O) groups is 4. The monoisotopic (exact) mass is 853 g/mol. The lowest BCUT2D eigenvalue weighted by atomic mass is 9.73. The first-order valence-corrected chi connectivity index (χ1v) is 22.8. The fraction of sp³-hybridized carbons (Fsp3) is 0.500. The predicted molar refractivity (Wildman–Crippen MR) is 243 cm³/mol. The van der Waals surface area contributed by atoms with Crippen molar-refractivity contribution in [1.29, 1.82) is 0 Å². The van der Waals surface area contributed by atoms with Crippen LogP contribution in [0.3, 0.4) is 0 Å². The van der Waals surface area contributed by atoms with Crippen LogP contribution < -0.4 is 10.6 Å². The third-order valence-corrected chi connectivity index (χ3v) is 14.4. The Bertz CT molecular complexity index is 2420. The first-order chi connectivity index (χ1) is 30.4. The SMILES string of the molecule is COC(=O)N[C@H](C(=O)N1CCC[C@H]1C1=NC=C(c2ccc(-c3ncc(-c4ccc5c(c4)CC([C@@H]4CCCN4C(=O)[C@@H](NC(=O)OC)C(C)C)=N5)c4c3C3CCC3C4)cc2)C1)C(C)C. The average molecular weight is 854 g/mol. The summed E-state index contributed by atoms with van der Waals surface area (Å²) in [4.78, 5) is 70.6. The highest BCUT2D eigenvalue weighted by molar-refractivity contribution is 6.04. The zero-order valence-corrected chi connectivity index (χ0v) is 37.3. The Kier molecular flexibility index (Phi) is 11.7. The molecular formula is C50H59N7O6. The van der Waals surface area contributed by atoms with Crippen molar-refractivity contribution in [2.24, 2.45) is 27.7 Å². The molecule has 6 aliphatic rings. The standard InChI is InChI=1S/C50H59N7O6/c1-27(2)44(54-49(60)62-5)47(58)56-19-7-9-41(56)39-24-34(25-51-39)29-11-13-30(14-12-29)46-43-35-17-15-32(35)22-36(43)37(26-52-46)31-16-18-38-33(21-31)23-40(53-38)42-10-8-20-57(42)48(59)45(28(3)4)55-50(61)63-6/h11-14,16,18,21,25-28,32,35,41-42,44-45H,7-10,15,17,19-20,22-24H2,1-6H3,(H,54,60)(H,55,61)/t32?,35?,41-,42-,44-,45-/m0/s1. The molecule has 5 heterocycles. The number of likely N-dealkylation sites (tertiary alicyclic amines) is 2. The molecule has 2 aromatic carbocycles. The van der Waals surface area contributed by atoms with E-state index in [2.05, 4.69) is 59.3 Å². The lowest BCUT2D eigenvalue weighted by Gasteiger charge is -2.31. The largest absolute Gasteiger partial charge is 0.453 e. The Hall–Kier alpha value is -5.85. The molecule has 2 N–H and O–H groups in total. The number of hydrogen-bond acceptors (Lipinski definition) is 9. The maximum atomic E-state index is 13.8. The quantitative estimate of drug-likeness (QED) is 0.198. The molecule has 2 aliphatic carbocycles. The minimum Gasteiger partial charge on any atom is -0.453 e. The van der Waals surface area contributed by atoms with Crippen LogP contribution in [0.2, 0.25) is 0 Å². The van der Waals surface area contributed by atoms with Gasteiger partial charge in [0.2, 0.25) is 11.8 Å². The number of methoxy groups -OCH3 is 2. The second-order valence-electron chi connectivity index (χ2n) is 18.8. The van der Waals surface area contributed by atoms with Gasteiger partial charge in [-0.15, -0.1) is 0 Å². The molecular weight excluding hydrogens is 795 g/mol. The molecule has 63 heavy (non-hydrogen) atoms. The van der Waals surface area contributed by atoms with Crippen LogP contribution in [0.15, 0.2) is 64.8 Å². The molecule has 3 aromatic rings. The first-order valence-electron chi connectivity index (χ1n) is 22.8. The molecule has 0 spiro atoms. The van der Waals surface area contributed by atoms with E-state index in [9.17, 15) is 19.2 Å². The van der Waals surface area contributed by atoms with Crippen molar-refractivity contribution in [3.8, 4) is 22.4 Å². The van der Waals surface area contributed by atoms with E-state index in [1.54, 1.807) is 0 Å². The molecule has 2 saturated heterocycles. The highest BCUT2D eigenvalue weighted by Crippen LogP contribution is 2.55. The van der Waals surface area contributed by atoms with Crippen LogP contribution in [-0.2, 0) is 31.9 Å². The van der Waals surface area contributed by atoms with Crippen LogP contribution in [-0.4, -0.2) is 102 Å². The van der Waals surface area contributed by atoms with Gasteiger partial charge >= 0.3 is 12.2 Å². The average Bonchev–Trinajstić information content (AvgIpc) is 4.13. The number of ether oxygens (including phenoxy) is 2. The second kappa shape index (κ2) is 17.4. The minimum absolute atomic E-state index is 0.0844. The molecule has 330 valence electrons. The number of nitrogens with one attached hydrogen (secondary N) is 2.